The van der Waals surface area contributed by atoms with E-state index in [1.165, 1.54) is 17.8 Å². The van der Waals surface area contributed by atoms with Gasteiger partial charge in [-0.15, -0.1) is 11.3 Å². The van der Waals surface area contributed by atoms with Crippen LogP contribution in [0.25, 0.3) is 0 Å². The topological polar surface area (TPSA) is 80.1 Å². The Kier molecular flexibility index (Phi) is 5.87. The Bertz CT molecular complexity index is 906. The van der Waals surface area contributed by atoms with Crippen molar-refractivity contribution in [3.8, 4) is 0 Å². The zero-order chi connectivity index (χ0) is 19.5. The lowest BCUT2D eigenvalue weighted by Crippen LogP contribution is -2.48. The van der Waals surface area contributed by atoms with E-state index in [1.54, 1.807) is 16.1 Å². The van der Waals surface area contributed by atoms with E-state index in [0.29, 0.717) is 24.8 Å². The highest BCUT2D eigenvalue weighted by Crippen LogP contribution is 2.18. The Hall–Kier alpha value is -2.06. The molecule has 1 fully saturated rings. The van der Waals surface area contributed by atoms with Crippen LogP contribution in [-0.4, -0.2) is 51.2 Å². The van der Waals surface area contributed by atoms with Crippen LogP contribution in [0.4, 0.5) is 0 Å². The second-order valence-corrected chi connectivity index (χ2v) is 8.74. The van der Waals surface area contributed by atoms with Crippen LogP contribution >= 0.6 is 11.3 Å². The maximum absolute atomic E-state index is 12.3. The number of nitrogens with one attached hydrogen (secondary N) is 1. The fourth-order valence-corrected chi connectivity index (χ4v) is 4.77. The van der Waals surface area contributed by atoms with Crippen molar-refractivity contribution in [3.05, 3.63) is 43.8 Å². The summed E-state index contributed by atoms with van der Waals surface area (Å²) in [7, 11) is 0. The predicted molar refractivity (Wildman–Crippen MR) is 109 cm³/mol. The molecular formula is C20H27N5O2S. The molecule has 1 amide bonds. The number of carbonyl (C=O) groups is 1. The van der Waals surface area contributed by atoms with Gasteiger partial charge in [-0.25, -0.2) is 9.67 Å². The monoisotopic (exact) mass is 401 g/mol. The quantitative estimate of drug-likeness (QED) is 0.798. The fourth-order valence-electron chi connectivity index (χ4n) is 4.18. The maximum atomic E-state index is 12.3. The molecule has 2 aliphatic rings. The summed E-state index contributed by atoms with van der Waals surface area (Å²) in [6.07, 6.45) is 6.43. The molecule has 1 N–H and O–H groups in total. The Morgan fingerprint density at radius 3 is 3.00 bits per heavy atom. The number of aryl methyl sites for hydroxylation is 3. The lowest BCUT2D eigenvalue weighted by Gasteiger charge is -2.35. The van der Waals surface area contributed by atoms with Crippen LogP contribution in [0.3, 0.4) is 0 Å². The number of aromatic nitrogens is 3. The van der Waals surface area contributed by atoms with E-state index >= 15 is 0 Å². The average molecular weight is 402 g/mol. The molecule has 1 saturated heterocycles. The number of amides is 1. The summed E-state index contributed by atoms with van der Waals surface area (Å²) in [6, 6.07) is 2.06. The molecule has 28 heavy (non-hydrogen) atoms. The molecule has 4 rings (SSSR count). The van der Waals surface area contributed by atoms with Crippen LogP contribution in [0.2, 0.25) is 0 Å². The van der Waals surface area contributed by atoms with Crippen LogP contribution in [0.1, 0.15) is 52.4 Å². The van der Waals surface area contributed by atoms with Gasteiger partial charge >= 0.3 is 0 Å². The van der Waals surface area contributed by atoms with Crippen molar-refractivity contribution >= 4 is 17.2 Å². The number of rotatable bonds is 6. The lowest BCUT2D eigenvalue weighted by atomic mass is 10.0. The van der Waals surface area contributed by atoms with E-state index in [1.807, 2.05) is 6.92 Å². The first-order chi connectivity index (χ1) is 13.6. The molecule has 0 aromatic carbocycles. The molecule has 7 nitrogen and oxygen atoms in total. The van der Waals surface area contributed by atoms with E-state index in [-0.39, 0.29) is 11.5 Å². The number of thiazole rings is 1. The van der Waals surface area contributed by atoms with Gasteiger partial charge in [0.25, 0.3) is 11.5 Å². The molecule has 0 radical (unpaired) electrons. The minimum absolute atomic E-state index is 0.00131. The SMILES string of the molecule is Cc1nc(C(=O)NCC2CCCCN2CCn2nc3c(cc2=O)CCC3)cs1. The number of nitrogens with zero attached hydrogens (tertiary/aromatic N) is 4. The van der Waals surface area contributed by atoms with Crippen molar-refractivity contribution in [1.82, 2.24) is 25.0 Å². The molecule has 150 valence electrons. The third-order valence-corrected chi connectivity index (χ3v) is 6.50. The highest BCUT2D eigenvalue weighted by atomic mass is 32.1. The van der Waals surface area contributed by atoms with E-state index in [4.69, 9.17) is 0 Å². The third-order valence-electron chi connectivity index (χ3n) is 5.72. The Morgan fingerprint density at radius 1 is 1.29 bits per heavy atom. The number of piperidine rings is 1. The van der Waals surface area contributed by atoms with Crippen molar-refractivity contribution in [2.75, 3.05) is 19.6 Å². The van der Waals surface area contributed by atoms with Gasteiger partial charge in [0.05, 0.1) is 17.2 Å². The second-order valence-electron chi connectivity index (χ2n) is 7.68. The molecule has 3 heterocycles. The standard InChI is InChI=1S/C20H27N5O2S/c1-14-22-18(13-28-14)20(27)21-12-16-6-2-3-8-24(16)9-10-25-19(26)11-15-5-4-7-17(15)23-25/h11,13,16H,2-10,12H2,1H3,(H,21,27). The number of likely N-dealkylation sites (tertiary alicyclic amines) is 1. The molecule has 2 aromatic rings. The summed E-state index contributed by atoms with van der Waals surface area (Å²) in [5.74, 6) is -0.105. The number of hydrogen-bond donors (Lipinski definition) is 1. The van der Waals surface area contributed by atoms with Crippen LogP contribution in [0.15, 0.2) is 16.2 Å². The van der Waals surface area contributed by atoms with Crippen LogP contribution in [-0.2, 0) is 19.4 Å². The zero-order valence-corrected chi connectivity index (χ0v) is 17.1. The van der Waals surface area contributed by atoms with Gasteiger partial charge in [-0.1, -0.05) is 6.42 Å². The van der Waals surface area contributed by atoms with Crippen molar-refractivity contribution in [2.45, 2.75) is 58.0 Å². The first-order valence-corrected chi connectivity index (χ1v) is 11.0. The van der Waals surface area contributed by atoms with Crippen LogP contribution < -0.4 is 10.9 Å². The van der Waals surface area contributed by atoms with Gasteiger partial charge < -0.3 is 5.32 Å². The molecule has 2 aromatic heterocycles. The molecular weight excluding hydrogens is 374 g/mol. The van der Waals surface area contributed by atoms with Gasteiger partial charge in [-0.2, -0.15) is 5.10 Å². The van der Waals surface area contributed by atoms with Gasteiger partial charge in [0, 0.05) is 30.6 Å². The molecule has 1 aliphatic heterocycles. The first kappa shape index (κ1) is 19.3. The summed E-state index contributed by atoms with van der Waals surface area (Å²) < 4.78 is 1.62. The van der Waals surface area contributed by atoms with E-state index in [9.17, 15) is 9.59 Å². The Balaban J connectivity index is 1.35. The minimum Gasteiger partial charge on any atom is -0.349 e. The lowest BCUT2D eigenvalue weighted by molar-refractivity contribution is 0.0905. The van der Waals surface area contributed by atoms with Crippen LogP contribution in [0.5, 0.6) is 0 Å². The van der Waals surface area contributed by atoms with Gasteiger partial charge in [-0.05, 0) is 51.1 Å². The van der Waals surface area contributed by atoms with Gasteiger partial charge in [0.1, 0.15) is 5.69 Å². The van der Waals surface area contributed by atoms with E-state index in [0.717, 1.165) is 61.5 Å². The molecule has 1 aliphatic carbocycles. The summed E-state index contributed by atoms with van der Waals surface area (Å²) >= 11 is 1.49. The predicted octanol–water partition coefficient (Wildman–Crippen LogP) is 1.78. The van der Waals surface area contributed by atoms with Gasteiger partial charge in [-0.3, -0.25) is 14.5 Å². The third kappa shape index (κ3) is 4.33. The zero-order valence-electron chi connectivity index (χ0n) is 16.3. The molecule has 8 heteroatoms. The summed E-state index contributed by atoms with van der Waals surface area (Å²) in [6.45, 7) is 4.89. The van der Waals surface area contributed by atoms with Crippen molar-refractivity contribution in [2.24, 2.45) is 0 Å². The maximum Gasteiger partial charge on any atom is 0.270 e. The molecule has 0 spiro atoms. The van der Waals surface area contributed by atoms with Crippen LogP contribution in [0, 0.1) is 6.92 Å². The Morgan fingerprint density at radius 2 is 2.18 bits per heavy atom. The number of fused-ring (bicyclic) bond motifs is 1. The normalized spacial score (nSPS) is 19.5. The van der Waals surface area contributed by atoms with E-state index < -0.39 is 0 Å². The average Bonchev–Trinajstić information content (AvgIpc) is 3.33. The Labute approximate surface area is 168 Å². The minimum atomic E-state index is -0.105. The largest absolute Gasteiger partial charge is 0.349 e. The molecule has 0 bridgehead atoms. The van der Waals surface area contributed by atoms with Crippen molar-refractivity contribution in [1.29, 1.82) is 0 Å². The van der Waals surface area contributed by atoms with Gasteiger partial charge in [0.15, 0.2) is 0 Å². The summed E-state index contributed by atoms with van der Waals surface area (Å²) in [4.78, 5) is 31.3. The summed E-state index contributed by atoms with van der Waals surface area (Å²) in [5, 5.41) is 10.3. The van der Waals surface area contributed by atoms with E-state index in [2.05, 4.69) is 20.3 Å². The van der Waals surface area contributed by atoms with Crippen molar-refractivity contribution in [3.63, 3.8) is 0 Å². The highest BCUT2D eigenvalue weighted by molar-refractivity contribution is 7.09. The summed E-state index contributed by atoms with van der Waals surface area (Å²) in [5.41, 5.74) is 2.71. The molecule has 1 unspecified atom stereocenters. The second kappa shape index (κ2) is 8.53. The van der Waals surface area contributed by atoms with Gasteiger partial charge in [0.2, 0.25) is 0 Å². The number of carbonyl (C=O) groups excluding carboxylic acids is 1. The number of hydrogen-bond acceptors (Lipinski definition) is 6. The highest BCUT2D eigenvalue weighted by Gasteiger charge is 2.24. The fraction of sp³-hybridized carbons (Fsp3) is 0.600. The molecule has 1 atom stereocenters. The molecule has 0 saturated carbocycles. The first-order valence-electron chi connectivity index (χ1n) is 10.1. The van der Waals surface area contributed by atoms with Crippen molar-refractivity contribution < 1.29 is 4.79 Å². The smallest absolute Gasteiger partial charge is 0.270 e.